The summed E-state index contributed by atoms with van der Waals surface area (Å²) < 4.78 is 0. The SMILES string of the molecule is Cc1cc(C)nc(C=NO)n1. The topological polar surface area (TPSA) is 58.4 Å². The molecule has 0 radical (unpaired) electrons. The van der Waals surface area contributed by atoms with E-state index in [2.05, 4.69) is 15.1 Å². The van der Waals surface area contributed by atoms with Gasteiger partial charge >= 0.3 is 0 Å². The van der Waals surface area contributed by atoms with Crippen molar-refractivity contribution in [3.8, 4) is 0 Å². The summed E-state index contributed by atoms with van der Waals surface area (Å²) in [7, 11) is 0. The van der Waals surface area contributed by atoms with Crippen molar-refractivity contribution in [2.45, 2.75) is 13.8 Å². The molecule has 0 fully saturated rings. The van der Waals surface area contributed by atoms with Crippen molar-refractivity contribution >= 4 is 6.21 Å². The van der Waals surface area contributed by atoms with Crippen LogP contribution in [0.3, 0.4) is 0 Å². The van der Waals surface area contributed by atoms with Crippen LogP contribution in [0, 0.1) is 13.8 Å². The van der Waals surface area contributed by atoms with Crippen LogP contribution in [0.1, 0.15) is 17.2 Å². The maximum absolute atomic E-state index is 8.19. The molecule has 0 aliphatic carbocycles. The summed E-state index contributed by atoms with van der Waals surface area (Å²) in [6, 6.07) is 1.86. The number of hydrogen-bond donors (Lipinski definition) is 1. The number of aryl methyl sites for hydroxylation is 2. The van der Waals surface area contributed by atoms with Crippen molar-refractivity contribution in [2.75, 3.05) is 0 Å². The van der Waals surface area contributed by atoms with E-state index in [4.69, 9.17) is 5.21 Å². The fraction of sp³-hybridized carbons (Fsp3) is 0.286. The van der Waals surface area contributed by atoms with Gasteiger partial charge in [0, 0.05) is 11.4 Å². The Hall–Kier alpha value is -1.45. The van der Waals surface area contributed by atoms with Gasteiger partial charge in [-0.25, -0.2) is 9.97 Å². The average Bonchev–Trinajstić information content (AvgIpc) is 1.85. The summed E-state index contributed by atoms with van der Waals surface area (Å²) in [4.78, 5) is 8.01. The van der Waals surface area contributed by atoms with Crippen molar-refractivity contribution in [3.63, 3.8) is 0 Å². The predicted octanol–water partition coefficient (Wildman–Crippen LogP) is 0.902. The molecule has 4 nitrogen and oxygen atoms in total. The van der Waals surface area contributed by atoms with Crippen molar-refractivity contribution in [2.24, 2.45) is 5.16 Å². The second-order valence-corrected chi connectivity index (χ2v) is 2.25. The van der Waals surface area contributed by atoms with Crippen LogP contribution in [-0.4, -0.2) is 21.4 Å². The van der Waals surface area contributed by atoms with Gasteiger partial charge in [0.15, 0.2) is 5.82 Å². The molecule has 0 bridgehead atoms. The number of nitrogens with zero attached hydrogens (tertiary/aromatic N) is 3. The molecule has 0 aromatic carbocycles. The lowest BCUT2D eigenvalue weighted by Crippen LogP contribution is -1.97. The number of aromatic nitrogens is 2. The standard InChI is InChI=1S/C7H9N3O/c1-5-3-6(2)10-7(9-5)4-8-11/h3-4,11H,1-2H3. The number of hydrogen-bond acceptors (Lipinski definition) is 4. The summed E-state index contributed by atoms with van der Waals surface area (Å²) in [5.74, 6) is 0.435. The minimum Gasteiger partial charge on any atom is -0.411 e. The Morgan fingerprint density at radius 3 is 2.36 bits per heavy atom. The first-order chi connectivity index (χ1) is 5.22. The first kappa shape index (κ1) is 7.65. The monoisotopic (exact) mass is 151 g/mol. The molecular weight excluding hydrogens is 142 g/mol. The lowest BCUT2D eigenvalue weighted by Gasteiger charge is -1.95. The van der Waals surface area contributed by atoms with Crippen molar-refractivity contribution < 1.29 is 5.21 Å². The Morgan fingerprint density at radius 2 is 1.91 bits per heavy atom. The highest BCUT2D eigenvalue weighted by Gasteiger charge is 1.94. The summed E-state index contributed by atoms with van der Waals surface area (Å²) in [6.45, 7) is 3.73. The van der Waals surface area contributed by atoms with Gasteiger partial charge in [0.1, 0.15) is 6.21 Å². The second kappa shape index (κ2) is 3.09. The van der Waals surface area contributed by atoms with E-state index < -0.39 is 0 Å². The molecule has 0 saturated heterocycles. The Morgan fingerprint density at radius 1 is 1.36 bits per heavy atom. The van der Waals surface area contributed by atoms with E-state index in [0.29, 0.717) is 5.82 Å². The lowest BCUT2D eigenvalue weighted by atomic mass is 10.3. The highest BCUT2D eigenvalue weighted by Crippen LogP contribution is 1.96. The van der Waals surface area contributed by atoms with Gasteiger partial charge in [-0.15, -0.1) is 0 Å². The van der Waals surface area contributed by atoms with Gasteiger partial charge in [-0.2, -0.15) is 0 Å². The smallest absolute Gasteiger partial charge is 0.174 e. The van der Waals surface area contributed by atoms with E-state index in [9.17, 15) is 0 Å². The van der Waals surface area contributed by atoms with Crippen LogP contribution in [-0.2, 0) is 0 Å². The van der Waals surface area contributed by atoms with E-state index in [1.807, 2.05) is 19.9 Å². The van der Waals surface area contributed by atoms with Gasteiger partial charge in [0.2, 0.25) is 0 Å². The van der Waals surface area contributed by atoms with Crippen LogP contribution < -0.4 is 0 Å². The zero-order chi connectivity index (χ0) is 8.27. The Bertz CT molecular complexity index is 263. The molecule has 4 heteroatoms. The highest BCUT2D eigenvalue weighted by molar-refractivity contribution is 5.73. The third-order valence-electron chi connectivity index (χ3n) is 1.17. The molecule has 1 rings (SSSR count). The molecular formula is C7H9N3O. The molecule has 0 aliphatic heterocycles. The van der Waals surface area contributed by atoms with Gasteiger partial charge < -0.3 is 5.21 Å². The molecule has 0 atom stereocenters. The fourth-order valence-electron chi connectivity index (χ4n) is 0.863. The minimum absolute atomic E-state index is 0.435. The molecule has 1 aromatic rings. The molecule has 0 amide bonds. The van der Waals surface area contributed by atoms with E-state index >= 15 is 0 Å². The van der Waals surface area contributed by atoms with E-state index in [1.165, 1.54) is 6.21 Å². The van der Waals surface area contributed by atoms with Gasteiger partial charge in [-0.1, -0.05) is 5.16 Å². The van der Waals surface area contributed by atoms with Gasteiger partial charge in [0.25, 0.3) is 0 Å². The Kier molecular flexibility index (Phi) is 2.15. The highest BCUT2D eigenvalue weighted by atomic mass is 16.4. The maximum atomic E-state index is 8.19. The first-order valence-electron chi connectivity index (χ1n) is 3.22. The molecule has 0 unspecified atom stereocenters. The van der Waals surface area contributed by atoms with Gasteiger partial charge in [-0.3, -0.25) is 0 Å². The normalized spacial score (nSPS) is 10.7. The number of oxime groups is 1. The van der Waals surface area contributed by atoms with Crippen LogP contribution in [0.25, 0.3) is 0 Å². The molecule has 1 N–H and O–H groups in total. The average molecular weight is 151 g/mol. The fourth-order valence-corrected chi connectivity index (χ4v) is 0.863. The minimum atomic E-state index is 0.435. The molecule has 58 valence electrons. The molecule has 0 spiro atoms. The molecule has 11 heavy (non-hydrogen) atoms. The molecule has 1 aromatic heterocycles. The van der Waals surface area contributed by atoms with Crippen LogP contribution in [0.15, 0.2) is 11.2 Å². The van der Waals surface area contributed by atoms with Crippen LogP contribution in [0.2, 0.25) is 0 Å². The van der Waals surface area contributed by atoms with Gasteiger partial charge in [0.05, 0.1) is 0 Å². The summed E-state index contributed by atoms with van der Waals surface area (Å²) in [5.41, 5.74) is 1.74. The van der Waals surface area contributed by atoms with Crippen LogP contribution >= 0.6 is 0 Å². The predicted molar refractivity (Wildman–Crippen MR) is 40.9 cm³/mol. The summed E-state index contributed by atoms with van der Waals surface area (Å²) in [5, 5.41) is 11.0. The zero-order valence-corrected chi connectivity index (χ0v) is 6.44. The third kappa shape index (κ3) is 2.00. The molecule has 0 aliphatic rings. The Balaban J connectivity index is 3.08. The van der Waals surface area contributed by atoms with Crippen molar-refractivity contribution in [1.29, 1.82) is 0 Å². The Labute approximate surface area is 64.6 Å². The second-order valence-electron chi connectivity index (χ2n) is 2.25. The first-order valence-corrected chi connectivity index (χ1v) is 3.22. The van der Waals surface area contributed by atoms with Gasteiger partial charge in [-0.05, 0) is 19.9 Å². The van der Waals surface area contributed by atoms with E-state index in [0.717, 1.165) is 11.4 Å². The van der Waals surface area contributed by atoms with E-state index in [1.54, 1.807) is 0 Å². The molecule has 0 saturated carbocycles. The van der Waals surface area contributed by atoms with Crippen molar-refractivity contribution in [1.82, 2.24) is 9.97 Å². The maximum Gasteiger partial charge on any atom is 0.174 e. The third-order valence-corrected chi connectivity index (χ3v) is 1.17. The molecule has 1 heterocycles. The largest absolute Gasteiger partial charge is 0.411 e. The van der Waals surface area contributed by atoms with Crippen molar-refractivity contribution in [3.05, 3.63) is 23.3 Å². The zero-order valence-electron chi connectivity index (χ0n) is 6.44. The summed E-state index contributed by atoms with van der Waals surface area (Å²) >= 11 is 0. The van der Waals surface area contributed by atoms with Crippen LogP contribution in [0.5, 0.6) is 0 Å². The van der Waals surface area contributed by atoms with Crippen LogP contribution in [0.4, 0.5) is 0 Å². The quantitative estimate of drug-likeness (QED) is 0.368. The van der Waals surface area contributed by atoms with E-state index in [-0.39, 0.29) is 0 Å². The lowest BCUT2D eigenvalue weighted by molar-refractivity contribution is 0.321. The number of rotatable bonds is 1. The summed E-state index contributed by atoms with van der Waals surface area (Å²) in [6.07, 6.45) is 1.21.